The van der Waals surface area contributed by atoms with Crippen LogP contribution in [0.4, 0.5) is 11.6 Å². The van der Waals surface area contributed by atoms with Crippen LogP contribution in [-0.4, -0.2) is 23.1 Å². The Morgan fingerprint density at radius 2 is 1.88 bits per heavy atom. The Morgan fingerprint density at radius 3 is 2.35 bits per heavy atom. The fraction of sp³-hybridized carbons (Fsp3) is 0.692. The SMILES string of the molecule is CNc1ncnc(NC2CC2(C)C)c1C(C)C. The second kappa shape index (κ2) is 4.17. The Kier molecular flexibility index (Phi) is 2.98. The van der Waals surface area contributed by atoms with Gasteiger partial charge in [-0.05, 0) is 17.8 Å². The van der Waals surface area contributed by atoms with E-state index in [2.05, 4.69) is 48.3 Å². The lowest BCUT2D eigenvalue weighted by Crippen LogP contribution is -2.14. The van der Waals surface area contributed by atoms with Crippen LogP contribution in [0.1, 0.15) is 45.6 Å². The first-order valence-corrected chi connectivity index (χ1v) is 6.25. The van der Waals surface area contributed by atoms with Gasteiger partial charge in [0.1, 0.15) is 18.0 Å². The summed E-state index contributed by atoms with van der Waals surface area (Å²) in [4.78, 5) is 8.67. The minimum absolute atomic E-state index is 0.402. The zero-order valence-electron chi connectivity index (χ0n) is 11.3. The molecule has 2 N–H and O–H groups in total. The van der Waals surface area contributed by atoms with E-state index in [-0.39, 0.29) is 0 Å². The average molecular weight is 234 g/mol. The number of hydrogen-bond acceptors (Lipinski definition) is 4. The molecule has 17 heavy (non-hydrogen) atoms. The zero-order chi connectivity index (χ0) is 12.6. The molecule has 2 rings (SSSR count). The highest BCUT2D eigenvalue weighted by Crippen LogP contribution is 2.47. The topological polar surface area (TPSA) is 49.8 Å². The maximum Gasteiger partial charge on any atom is 0.135 e. The molecule has 1 heterocycles. The fourth-order valence-corrected chi connectivity index (χ4v) is 2.14. The number of aromatic nitrogens is 2. The smallest absolute Gasteiger partial charge is 0.135 e. The van der Waals surface area contributed by atoms with Crippen molar-refractivity contribution in [1.29, 1.82) is 0 Å². The van der Waals surface area contributed by atoms with Gasteiger partial charge in [0, 0.05) is 18.7 Å². The molecule has 0 spiro atoms. The van der Waals surface area contributed by atoms with E-state index in [1.54, 1.807) is 6.33 Å². The van der Waals surface area contributed by atoms with Crippen LogP contribution in [0.5, 0.6) is 0 Å². The number of nitrogens with zero attached hydrogens (tertiary/aromatic N) is 2. The maximum absolute atomic E-state index is 4.39. The standard InChI is InChI=1S/C13H22N4/c1-8(2)10-11(14-5)15-7-16-12(10)17-9-6-13(9,3)4/h7-9H,6H2,1-5H3,(H2,14,15,16,17). The third kappa shape index (κ3) is 2.35. The molecule has 0 aromatic carbocycles. The monoisotopic (exact) mass is 234 g/mol. The van der Waals surface area contributed by atoms with Crippen molar-refractivity contribution in [3.8, 4) is 0 Å². The van der Waals surface area contributed by atoms with Crippen molar-refractivity contribution in [2.45, 2.75) is 46.1 Å². The van der Waals surface area contributed by atoms with Crippen molar-refractivity contribution >= 4 is 11.6 Å². The Labute approximate surface area is 103 Å². The molecule has 4 heteroatoms. The van der Waals surface area contributed by atoms with E-state index in [0.717, 1.165) is 11.6 Å². The van der Waals surface area contributed by atoms with Gasteiger partial charge >= 0.3 is 0 Å². The summed E-state index contributed by atoms with van der Waals surface area (Å²) in [5.74, 6) is 2.31. The van der Waals surface area contributed by atoms with Crippen LogP contribution < -0.4 is 10.6 Å². The van der Waals surface area contributed by atoms with E-state index in [1.807, 2.05) is 7.05 Å². The first-order chi connectivity index (χ1) is 7.95. The molecule has 4 nitrogen and oxygen atoms in total. The van der Waals surface area contributed by atoms with Gasteiger partial charge in [0.15, 0.2) is 0 Å². The summed E-state index contributed by atoms with van der Waals surface area (Å²) in [5.41, 5.74) is 1.58. The van der Waals surface area contributed by atoms with E-state index in [4.69, 9.17) is 0 Å². The van der Waals surface area contributed by atoms with Crippen molar-refractivity contribution < 1.29 is 0 Å². The van der Waals surface area contributed by atoms with Crippen LogP contribution >= 0.6 is 0 Å². The highest BCUT2D eigenvalue weighted by Gasteiger charge is 2.46. The Hall–Kier alpha value is -1.32. The number of rotatable bonds is 4. The lowest BCUT2D eigenvalue weighted by atomic mass is 10.0. The highest BCUT2D eigenvalue weighted by atomic mass is 15.1. The summed E-state index contributed by atoms with van der Waals surface area (Å²) in [7, 11) is 1.90. The van der Waals surface area contributed by atoms with E-state index in [9.17, 15) is 0 Å². The molecule has 94 valence electrons. The van der Waals surface area contributed by atoms with E-state index >= 15 is 0 Å². The molecule has 1 aliphatic carbocycles. The predicted octanol–water partition coefficient (Wildman–Crippen LogP) is 2.85. The van der Waals surface area contributed by atoms with Crippen molar-refractivity contribution in [3.05, 3.63) is 11.9 Å². The van der Waals surface area contributed by atoms with Gasteiger partial charge in [-0.1, -0.05) is 27.7 Å². The van der Waals surface area contributed by atoms with Gasteiger partial charge < -0.3 is 10.6 Å². The molecule has 0 amide bonds. The minimum atomic E-state index is 0.402. The minimum Gasteiger partial charge on any atom is -0.373 e. The third-order valence-electron chi connectivity index (χ3n) is 3.52. The van der Waals surface area contributed by atoms with Gasteiger partial charge in [-0.25, -0.2) is 9.97 Å². The van der Waals surface area contributed by atoms with E-state index < -0.39 is 0 Å². The summed E-state index contributed by atoms with van der Waals surface area (Å²) in [6, 6.07) is 0.541. The lowest BCUT2D eigenvalue weighted by Gasteiger charge is -2.17. The van der Waals surface area contributed by atoms with Crippen LogP contribution in [0.3, 0.4) is 0 Å². The Balaban J connectivity index is 2.27. The molecule has 1 aromatic heterocycles. The van der Waals surface area contributed by atoms with Crippen molar-refractivity contribution in [3.63, 3.8) is 0 Å². The van der Waals surface area contributed by atoms with Gasteiger partial charge in [-0.15, -0.1) is 0 Å². The van der Waals surface area contributed by atoms with Crippen molar-refractivity contribution in [2.24, 2.45) is 5.41 Å². The first-order valence-electron chi connectivity index (χ1n) is 6.25. The largest absolute Gasteiger partial charge is 0.373 e. The average Bonchev–Trinajstić information content (AvgIpc) is 2.85. The molecule has 0 saturated heterocycles. The highest BCUT2D eigenvalue weighted by molar-refractivity contribution is 5.59. The van der Waals surface area contributed by atoms with Gasteiger partial charge in [0.2, 0.25) is 0 Å². The summed E-state index contributed by atoms with van der Waals surface area (Å²) < 4.78 is 0. The fourth-order valence-electron chi connectivity index (χ4n) is 2.14. The van der Waals surface area contributed by atoms with Gasteiger partial charge in [0.05, 0.1) is 0 Å². The molecule has 1 atom stereocenters. The van der Waals surface area contributed by atoms with Crippen LogP contribution in [-0.2, 0) is 0 Å². The molecule has 1 fully saturated rings. The molecular weight excluding hydrogens is 212 g/mol. The molecule has 1 aliphatic rings. The normalized spacial score (nSPS) is 21.4. The second-order valence-electron chi connectivity index (χ2n) is 5.78. The molecule has 0 bridgehead atoms. The summed E-state index contributed by atoms with van der Waals surface area (Å²) in [6.07, 6.45) is 2.83. The summed E-state index contributed by atoms with van der Waals surface area (Å²) in [6.45, 7) is 8.89. The summed E-state index contributed by atoms with van der Waals surface area (Å²) >= 11 is 0. The third-order valence-corrected chi connectivity index (χ3v) is 3.52. The molecule has 1 saturated carbocycles. The van der Waals surface area contributed by atoms with Gasteiger partial charge in [-0.2, -0.15) is 0 Å². The van der Waals surface area contributed by atoms with Crippen LogP contribution in [0.15, 0.2) is 6.33 Å². The first kappa shape index (κ1) is 12.1. The zero-order valence-corrected chi connectivity index (χ0v) is 11.3. The second-order valence-corrected chi connectivity index (χ2v) is 5.78. The number of anilines is 2. The van der Waals surface area contributed by atoms with Crippen LogP contribution in [0.2, 0.25) is 0 Å². The maximum atomic E-state index is 4.39. The number of hydrogen-bond donors (Lipinski definition) is 2. The molecule has 0 radical (unpaired) electrons. The van der Waals surface area contributed by atoms with E-state index in [0.29, 0.717) is 17.4 Å². The molecule has 1 aromatic rings. The predicted molar refractivity (Wildman–Crippen MR) is 71.5 cm³/mol. The van der Waals surface area contributed by atoms with Gasteiger partial charge in [0.25, 0.3) is 0 Å². The molecular formula is C13H22N4. The van der Waals surface area contributed by atoms with Gasteiger partial charge in [-0.3, -0.25) is 0 Å². The Morgan fingerprint density at radius 1 is 1.29 bits per heavy atom. The summed E-state index contributed by atoms with van der Waals surface area (Å²) in [5, 5.41) is 6.68. The molecule has 1 unspecified atom stereocenters. The van der Waals surface area contributed by atoms with Crippen LogP contribution in [0, 0.1) is 5.41 Å². The lowest BCUT2D eigenvalue weighted by molar-refractivity contribution is 0.629. The molecule has 0 aliphatic heterocycles. The van der Waals surface area contributed by atoms with Crippen molar-refractivity contribution in [2.75, 3.05) is 17.7 Å². The van der Waals surface area contributed by atoms with E-state index in [1.165, 1.54) is 12.0 Å². The van der Waals surface area contributed by atoms with Crippen LogP contribution in [0.25, 0.3) is 0 Å². The Bertz CT molecular complexity index is 412. The van der Waals surface area contributed by atoms with Crippen molar-refractivity contribution in [1.82, 2.24) is 9.97 Å². The number of nitrogens with one attached hydrogen (secondary N) is 2. The quantitative estimate of drug-likeness (QED) is 0.841.